The molecule has 0 saturated heterocycles. The molecule has 0 aliphatic carbocycles. The Hall–Kier alpha value is -1.85. The van der Waals surface area contributed by atoms with Crippen molar-refractivity contribution in [1.29, 1.82) is 0 Å². The van der Waals surface area contributed by atoms with Gasteiger partial charge in [0.15, 0.2) is 5.82 Å². The van der Waals surface area contributed by atoms with E-state index in [0.717, 1.165) is 0 Å². The SMILES string of the molecule is Cc1cc(N(CC(C)C(=O)O)C(=O)C(C)(C)C)no1. The molecule has 1 unspecified atom stereocenters. The predicted octanol–water partition coefficient (Wildman–Crippen LogP) is 2.08. The summed E-state index contributed by atoms with van der Waals surface area (Å²) in [5, 5.41) is 12.8. The van der Waals surface area contributed by atoms with E-state index in [-0.39, 0.29) is 12.5 Å². The summed E-state index contributed by atoms with van der Waals surface area (Å²) in [6.45, 7) is 8.68. The fourth-order valence-corrected chi connectivity index (χ4v) is 1.52. The number of carbonyl (C=O) groups excluding carboxylic acids is 1. The second-order valence-corrected chi connectivity index (χ2v) is 5.70. The number of aryl methyl sites for hydroxylation is 1. The first kappa shape index (κ1) is 15.2. The van der Waals surface area contributed by atoms with Crippen molar-refractivity contribution in [3.05, 3.63) is 11.8 Å². The molecule has 0 fully saturated rings. The summed E-state index contributed by atoms with van der Waals surface area (Å²) in [5.74, 6) is -0.889. The van der Waals surface area contributed by atoms with Crippen LogP contribution in [-0.4, -0.2) is 28.7 Å². The van der Waals surface area contributed by atoms with Gasteiger partial charge in [0.05, 0.1) is 5.92 Å². The number of aliphatic carboxylic acids is 1. The van der Waals surface area contributed by atoms with Gasteiger partial charge in [-0.2, -0.15) is 0 Å². The van der Waals surface area contributed by atoms with Gasteiger partial charge in [-0.1, -0.05) is 32.9 Å². The third-order valence-corrected chi connectivity index (χ3v) is 2.66. The number of carboxylic acids is 1. The largest absolute Gasteiger partial charge is 0.481 e. The molecular formula is C13H20N2O4. The first-order valence-electron chi connectivity index (χ1n) is 6.11. The van der Waals surface area contributed by atoms with Crippen LogP contribution in [0.4, 0.5) is 5.82 Å². The van der Waals surface area contributed by atoms with Crippen molar-refractivity contribution >= 4 is 17.7 Å². The van der Waals surface area contributed by atoms with Gasteiger partial charge in [0.25, 0.3) is 0 Å². The molecule has 1 amide bonds. The summed E-state index contributed by atoms with van der Waals surface area (Å²) < 4.78 is 4.96. The van der Waals surface area contributed by atoms with Crippen LogP contribution >= 0.6 is 0 Å². The molecule has 0 spiro atoms. The number of rotatable bonds is 4. The number of carbonyl (C=O) groups is 2. The van der Waals surface area contributed by atoms with E-state index in [9.17, 15) is 9.59 Å². The molecule has 0 aliphatic rings. The Balaban J connectivity index is 3.05. The minimum atomic E-state index is -0.952. The highest BCUT2D eigenvalue weighted by atomic mass is 16.5. The summed E-state index contributed by atoms with van der Waals surface area (Å²) in [6.07, 6.45) is 0. The second kappa shape index (κ2) is 5.42. The van der Waals surface area contributed by atoms with E-state index in [1.165, 1.54) is 4.90 Å². The van der Waals surface area contributed by atoms with Crippen LogP contribution in [0, 0.1) is 18.3 Å². The van der Waals surface area contributed by atoms with E-state index in [0.29, 0.717) is 11.6 Å². The van der Waals surface area contributed by atoms with Crippen molar-refractivity contribution in [2.75, 3.05) is 11.4 Å². The highest BCUT2D eigenvalue weighted by Gasteiger charge is 2.32. The third-order valence-electron chi connectivity index (χ3n) is 2.66. The zero-order valence-electron chi connectivity index (χ0n) is 11.9. The van der Waals surface area contributed by atoms with E-state index in [2.05, 4.69) is 5.16 Å². The Morgan fingerprint density at radius 3 is 2.42 bits per heavy atom. The molecule has 0 aromatic carbocycles. The van der Waals surface area contributed by atoms with Crippen molar-refractivity contribution in [2.45, 2.75) is 34.6 Å². The van der Waals surface area contributed by atoms with Gasteiger partial charge in [0, 0.05) is 18.0 Å². The molecule has 1 aromatic heterocycles. The molecule has 1 rings (SSSR count). The lowest BCUT2D eigenvalue weighted by molar-refractivity contribution is -0.140. The number of carboxylic acid groups (broad SMARTS) is 1. The van der Waals surface area contributed by atoms with Crippen LogP contribution < -0.4 is 4.90 Å². The molecule has 19 heavy (non-hydrogen) atoms. The monoisotopic (exact) mass is 268 g/mol. The van der Waals surface area contributed by atoms with Gasteiger partial charge in [-0.05, 0) is 6.92 Å². The Morgan fingerprint density at radius 1 is 1.47 bits per heavy atom. The molecular weight excluding hydrogens is 248 g/mol. The van der Waals surface area contributed by atoms with E-state index in [1.807, 2.05) is 0 Å². The highest BCUT2D eigenvalue weighted by molar-refractivity contribution is 5.96. The molecule has 0 radical (unpaired) electrons. The second-order valence-electron chi connectivity index (χ2n) is 5.70. The van der Waals surface area contributed by atoms with Gasteiger partial charge in [-0.25, -0.2) is 0 Å². The van der Waals surface area contributed by atoms with Crippen LogP contribution in [0.25, 0.3) is 0 Å². The minimum Gasteiger partial charge on any atom is -0.481 e. The van der Waals surface area contributed by atoms with Crippen LogP contribution in [-0.2, 0) is 9.59 Å². The fourth-order valence-electron chi connectivity index (χ4n) is 1.52. The molecule has 1 heterocycles. The molecule has 1 N–H and O–H groups in total. The standard InChI is InChI=1S/C13H20N2O4/c1-8(11(16)17)7-15(12(18)13(3,4)5)10-6-9(2)19-14-10/h6,8H,7H2,1-5H3,(H,16,17). The smallest absolute Gasteiger partial charge is 0.308 e. The molecule has 1 atom stereocenters. The first-order valence-corrected chi connectivity index (χ1v) is 6.11. The maximum atomic E-state index is 12.4. The van der Waals surface area contributed by atoms with Crippen LogP contribution in [0.2, 0.25) is 0 Å². The zero-order valence-corrected chi connectivity index (χ0v) is 11.9. The van der Waals surface area contributed by atoms with Gasteiger partial charge in [-0.15, -0.1) is 0 Å². The predicted molar refractivity (Wildman–Crippen MR) is 69.8 cm³/mol. The normalized spacial score (nSPS) is 13.1. The van der Waals surface area contributed by atoms with Gasteiger partial charge < -0.3 is 9.63 Å². The number of amides is 1. The molecule has 0 saturated carbocycles. The quantitative estimate of drug-likeness (QED) is 0.903. The van der Waals surface area contributed by atoms with E-state index in [1.54, 1.807) is 40.7 Å². The van der Waals surface area contributed by atoms with Crippen molar-refractivity contribution in [2.24, 2.45) is 11.3 Å². The maximum Gasteiger partial charge on any atom is 0.308 e. The number of hydrogen-bond acceptors (Lipinski definition) is 4. The summed E-state index contributed by atoms with van der Waals surface area (Å²) in [6, 6.07) is 1.62. The minimum absolute atomic E-state index is 0.0669. The lowest BCUT2D eigenvalue weighted by atomic mass is 9.94. The maximum absolute atomic E-state index is 12.4. The summed E-state index contributed by atoms with van der Waals surface area (Å²) >= 11 is 0. The van der Waals surface area contributed by atoms with Crippen molar-refractivity contribution in [1.82, 2.24) is 5.16 Å². The lowest BCUT2D eigenvalue weighted by Gasteiger charge is -2.28. The summed E-state index contributed by atoms with van der Waals surface area (Å²) in [4.78, 5) is 24.7. The van der Waals surface area contributed by atoms with E-state index in [4.69, 9.17) is 9.63 Å². The molecule has 6 nitrogen and oxygen atoms in total. The average Bonchev–Trinajstić information content (AvgIpc) is 2.69. The zero-order chi connectivity index (χ0) is 14.8. The van der Waals surface area contributed by atoms with E-state index < -0.39 is 17.3 Å². The Kier molecular flexibility index (Phi) is 4.34. The average molecular weight is 268 g/mol. The summed E-state index contributed by atoms with van der Waals surface area (Å²) in [5.41, 5.74) is -0.620. The fraction of sp³-hybridized carbons (Fsp3) is 0.615. The van der Waals surface area contributed by atoms with E-state index >= 15 is 0 Å². The van der Waals surface area contributed by atoms with Crippen molar-refractivity contribution in [3.8, 4) is 0 Å². The molecule has 0 bridgehead atoms. The number of hydrogen-bond donors (Lipinski definition) is 1. The highest BCUT2D eigenvalue weighted by Crippen LogP contribution is 2.24. The number of aromatic nitrogens is 1. The Bertz CT molecular complexity index is 473. The Labute approximate surface area is 112 Å². The van der Waals surface area contributed by atoms with Crippen LogP contribution in [0.15, 0.2) is 10.6 Å². The van der Waals surface area contributed by atoms with Crippen LogP contribution in [0.1, 0.15) is 33.5 Å². The molecule has 1 aromatic rings. The topological polar surface area (TPSA) is 83.6 Å². The van der Waals surface area contributed by atoms with Gasteiger partial charge in [0.1, 0.15) is 5.76 Å². The van der Waals surface area contributed by atoms with Gasteiger partial charge in [0.2, 0.25) is 5.91 Å². The van der Waals surface area contributed by atoms with Gasteiger partial charge in [-0.3, -0.25) is 14.5 Å². The Morgan fingerprint density at radius 2 is 2.05 bits per heavy atom. The van der Waals surface area contributed by atoms with Crippen molar-refractivity contribution in [3.63, 3.8) is 0 Å². The van der Waals surface area contributed by atoms with Crippen molar-refractivity contribution < 1.29 is 19.2 Å². The van der Waals surface area contributed by atoms with Gasteiger partial charge >= 0.3 is 5.97 Å². The van der Waals surface area contributed by atoms with Crippen LogP contribution in [0.5, 0.6) is 0 Å². The molecule has 0 aliphatic heterocycles. The number of nitrogens with zero attached hydrogens (tertiary/aromatic N) is 2. The molecule has 106 valence electrons. The lowest BCUT2D eigenvalue weighted by Crippen LogP contribution is -2.43. The molecule has 6 heteroatoms. The van der Waals surface area contributed by atoms with Crippen LogP contribution in [0.3, 0.4) is 0 Å². The third kappa shape index (κ3) is 3.81. The summed E-state index contributed by atoms with van der Waals surface area (Å²) in [7, 11) is 0. The first-order chi connectivity index (χ1) is 8.62. The number of anilines is 1.